The van der Waals surface area contributed by atoms with E-state index in [0.29, 0.717) is 12.3 Å². The number of hydrogen-bond donors (Lipinski definition) is 1. The number of hydrogen-bond acceptors (Lipinski definition) is 2. The Kier molecular flexibility index (Phi) is 7.03. The summed E-state index contributed by atoms with van der Waals surface area (Å²) in [5, 5.41) is 3.10. The minimum atomic E-state index is 0.0185. The van der Waals surface area contributed by atoms with E-state index in [0.717, 1.165) is 24.2 Å². The highest BCUT2D eigenvalue weighted by atomic mass is 35.5. The maximum absolute atomic E-state index is 12.1. The highest BCUT2D eigenvalue weighted by molar-refractivity contribution is 6.17. The maximum Gasteiger partial charge on any atom is 0.220 e. The van der Waals surface area contributed by atoms with Gasteiger partial charge in [-0.05, 0) is 36.0 Å². The molecule has 3 nitrogen and oxygen atoms in total. The average Bonchev–Trinajstić information content (AvgIpc) is 2.44. The Labute approximate surface area is 133 Å². The van der Waals surface area contributed by atoms with Crippen molar-refractivity contribution in [3.05, 3.63) is 29.8 Å². The number of aryl methyl sites for hydroxylation is 1. The number of nitrogens with one attached hydrogen (secondary N) is 1. The molecule has 0 aliphatic rings. The van der Waals surface area contributed by atoms with E-state index in [1.54, 1.807) is 7.11 Å². The van der Waals surface area contributed by atoms with Gasteiger partial charge in [0.05, 0.1) is 7.11 Å². The Balaban J connectivity index is 2.48. The molecule has 1 rings (SSSR count). The van der Waals surface area contributed by atoms with E-state index in [1.807, 2.05) is 24.3 Å². The van der Waals surface area contributed by atoms with Crippen LogP contribution in [-0.2, 0) is 11.2 Å². The first-order valence-electron chi connectivity index (χ1n) is 7.35. The zero-order valence-corrected chi connectivity index (χ0v) is 14.2. The largest absolute Gasteiger partial charge is 0.497 e. The van der Waals surface area contributed by atoms with Crippen molar-refractivity contribution in [2.45, 2.75) is 46.1 Å². The molecule has 1 N–H and O–H groups in total. The number of amides is 1. The molecule has 1 amide bonds. The third-order valence-electron chi connectivity index (χ3n) is 3.58. The van der Waals surface area contributed by atoms with Gasteiger partial charge in [0.15, 0.2) is 0 Å². The predicted octanol–water partition coefficient (Wildman–Crippen LogP) is 3.79. The van der Waals surface area contributed by atoms with Crippen molar-refractivity contribution in [2.75, 3.05) is 13.0 Å². The van der Waals surface area contributed by atoms with Crippen LogP contribution in [0.4, 0.5) is 0 Å². The summed E-state index contributed by atoms with van der Waals surface area (Å²) in [6.07, 6.45) is 2.01. The van der Waals surface area contributed by atoms with Crippen LogP contribution in [0.1, 0.15) is 39.2 Å². The monoisotopic (exact) mass is 311 g/mol. The van der Waals surface area contributed by atoms with Gasteiger partial charge in [0.1, 0.15) is 5.75 Å². The average molecular weight is 312 g/mol. The van der Waals surface area contributed by atoms with Gasteiger partial charge >= 0.3 is 0 Å². The first-order valence-corrected chi connectivity index (χ1v) is 7.88. The topological polar surface area (TPSA) is 38.3 Å². The van der Waals surface area contributed by atoms with E-state index < -0.39 is 0 Å². The second-order valence-corrected chi connectivity index (χ2v) is 6.69. The summed E-state index contributed by atoms with van der Waals surface area (Å²) in [5.41, 5.74) is 1.15. The van der Waals surface area contributed by atoms with Crippen molar-refractivity contribution in [3.63, 3.8) is 0 Å². The van der Waals surface area contributed by atoms with Crippen LogP contribution in [0.15, 0.2) is 24.3 Å². The fraction of sp³-hybridized carbons (Fsp3) is 0.588. The lowest BCUT2D eigenvalue weighted by molar-refractivity contribution is -0.122. The van der Waals surface area contributed by atoms with Crippen molar-refractivity contribution in [3.8, 4) is 5.75 Å². The van der Waals surface area contributed by atoms with Crippen molar-refractivity contribution in [1.82, 2.24) is 5.32 Å². The molecule has 118 valence electrons. The Hall–Kier alpha value is -1.22. The summed E-state index contributed by atoms with van der Waals surface area (Å²) in [5.74, 6) is 1.47. The van der Waals surface area contributed by atoms with Gasteiger partial charge in [-0.3, -0.25) is 4.79 Å². The zero-order chi connectivity index (χ0) is 15.9. The molecule has 0 saturated carbocycles. The number of benzene rings is 1. The third kappa shape index (κ3) is 6.38. The van der Waals surface area contributed by atoms with Gasteiger partial charge in [-0.2, -0.15) is 0 Å². The molecule has 0 radical (unpaired) electrons. The third-order valence-corrected chi connectivity index (χ3v) is 3.80. The fourth-order valence-electron chi connectivity index (χ4n) is 2.15. The summed E-state index contributed by atoms with van der Waals surface area (Å²) in [7, 11) is 1.64. The van der Waals surface area contributed by atoms with E-state index in [4.69, 9.17) is 16.3 Å². The predicted molar refractivity (Wildman–Crippen MR) is 88.0 cm³/mol. The van der Waals surface area contributed by atoms with Crippen LogP contribution in [0, 0.1) is 5.41 Å². The summed E-state index contributed by atoms with van der Waals surface area (Å²) in [6.45, 7) is 6.36. The Morgan fingerprint density at radius 3 is 2.38 bits per heavy atom. The van der Waals surface area contributed by atoms with E-state index in [-0.39, 0.29) is 17.4 Å². The van der Waals surface area contributed by atoms with Crippen molar-refractivity contribution in [2.24, 2.45) is 5.41 Å². The summed E-state index contributed by atoms with van der Waals surface area (Å²) < 4.78 is 5.12. The number of rotatable bonds is 7. The van der Waals surface area contributed by atoms with Crippen LogP contribution < -0.4 is 10.1 Å². The van der Waals surface area contributed by atoms with E-state index in [1.165, 1.54) is 0 Å². The van der Waals surface area contributed by atoms with Crippen LogP contribution in [0.5, 0.6) is 5.75 Å². The lowest BCUT2D eigenvalue weighted by Crippen LogP contribution is -2.44. The highest BCUT2D eigenvalue weighted by Gasteiger charge is 2.25. The molecule has 0 saturated heterocycles. The van der Waals surface area contributed by atoms with Crippen LogP contribution in [0.2, 0.25) is 0 Å². The highest BCUT2D eigenvalue weighted by Crippen LogP contribution is 2.22. The van der Waals surface area contributed by atoms with E-state index in [2.05, 4.69) is 26.1 Å². The molecule has 0 aliphatic heterocycles. The summed E-state index contributed by atoms with van der Waals surface area (Å²) in [4.78, 5) is 12.1. The fourth-order valence-corrected chi connectivity index (χ4v) is 2.37. The second-order valence-electron chi connectivity index (χ2n) is 6.31. The van der Waals surface area contributed by atoms with Gasteiger partial charge in [0.25, 0.3) is 0 Å². The molecule has 1 unspecified atom stereocenters. The molecule has 21 heavy (non-hydrogen) atoms. The number of ether oxygens (including phenoxy) is 1. The Morgan fingerprint density at radius 2 is 1.90 bits per heavy atom. The molecule has 1 atom stereocenters. The van der Waals surface area contributed by atoms with Gasteiger partial charge in [-0.15, -0.1) is 11.6 Å². The molecule has 0 aliphatic carbocycles. The lowest BCUT2D eigenvalue weighted by Gasteiger charge is -2.31. The summed E-state index contributed by atoms with van der Waals surface area (Å²) >= 11 is 5.82. The quantitative estimate of drug-likeness (QED) is 0.778. The van der Waals surface area contributed by atoms with Gasteiger partial charge in [-0.1, -0.05) is 32.9 Å². The van der Waals surface area contributed by atoms with Crippen LogP contribution in [0.25, 0.3) is 0 Å². The van der Waals surface area contributed by atoms with Gasteiger partial charge in [-0.25, -0.2) is 0 Å². The van der Waals surface area contributed by atoms with E-state index >= 15 is 0 Å². The number of alkyl halides is 1. The number of carbonyl (C=O) groups excluding carboxylic acids is 1. The number of methoxy groups -OCH3 is 1. The van der Waals surface area contributed by atoms with Crippen molar-refractivity contribution in [1.29, 1.82) is 0 Å². The van der Waals surface area contributed by atoms with E-state index in [9.17, 15) is 4.79 Å². The smallest absolute Gasteiger partial charge is 0.220 e. The van der Waals surface area contributed by atoms with Gasteiger partial charge in [0.2, 0.25) is 5.91 Å². The van der Waals surface area contributed by atoms with Gasteiger partial charge < -0.3 is 10.1 Å². The zero-order valence-electron chi connectivity index (χ0n) is 13.4. The maximum atomic E-state index is 12.1. The van der Waals surface area contributed by atoms with Gasteiger partial charge in [0, 0.05) is 18.3 Å². The Morgan fingerprint density at radius 1 is 1.29 bits per heavy atom. The first-order chi connectivity index (χ1) is 9.86. The SMILES string of the molecule is COc1ccc(CCC(=O)NC(CCCl)C(C)(C)C)cc1. The van der Waals surface area contributed by atoms with Crippen LogP contribution in [-0.4, -0.2) is 24.9 Å². The molecule has 0 spiro atoms. The normalized spacial score (nSPS) is 12.8. The molecule has 1 aromatic rings. The minimum absolute atomic E-state index is 0.0185. The number of carbonyl (C=O) groups is 1. The molecule has 1 aromatic carbocycles. The number of halogens is 1. The molecular weight excluding hydrogens is 286 g/mol. The molecule has 0 bridgehead atoms. The molecule has 0 fully saturated rings. The molecule has 0 heterocycles. The standard InChI is InChI=1S/C17H26ClNO2/c1-17(2,3)15(11-12-18)19-16(20)10-7-13-5-8-14(21-4)9-6-13/h5-6,8-9,15H,7,10-12H2,1-4H3,(H,19,20). The molecule has 0 aromatic heterocycles. The van der Waals surface area contributed by atoms with Crippen LogP contribution >= 0.6 is 11.6 Å². The van der Waals surface area contributed by atoms with Crippen LogP contribution in [0.3, 0.4) is 0 Å². The molecular formula is C17H26ClNO2. The second kappa shape index (κ2) is 8.28. The minimum Gasteiger partial charge on any atom is -0.497 e. The van der Waals surface area contributed by atoms with Crippen molar-refractivity contribution >= 4 is 17.5 Å². The van der Waals surface area contributed by atoms with Crippen molar-refractivity contribution < 1.29 is 9.53 Å². The molecule has 4 heteroatoms. The first kappa shape index (κ1) is 17.8. The Bertz CT molecular complexity index is 437. The lowest BCUT2D eigenvalue weighted by atomic mass is 9.85. The summed E-state index contributed by atoms with van der Waals surface area (Å²) in [6, 6.07) is 7.92.